The van der Waals surface area contributed by atoms with Crippen molar-refractivity contribution in [2.24, 2.45) is 10.7 Å². The van der Waals surface area contributed by atoms with E-state index in [2.05, 4.69) is 22.4 Å². The molecule has 6 heteroatoms. The van der Waals surface area contributed by atoms with Gasteiger partial charge in [0, 0.05) is 17.8 Å². The molecule has 6 nitrogen and oxygen atoms in total. The predicted molar refractivity (Wildman–Crippen MR) is 90.5 cm³/mol. The van der Waals surface area contributed by atoms with E-state index in [9.17, 15) is 10.1 Å². The van der Waals surface area contributed by atoms with Crippen molar-refractivity contribution in [3.63, 3.8) is 0 Å². The van der Waals surface area contributed by atoms with Crippen molar-refractivity contribution in [1.82, 2.24) is 0 Å². The first-order valence-corrected chi connectivity index (χ1v) is 7.54. The van der Waals surface area contributed by atoms with Crippen LogP contribution in [0.4, 0.5) is 11.4 Å². The van der Waals surface area contributed by atoms with Gasteiger partial charge < -0.3 is 11.1 Å². The Morgan fingerprint density at radius 1 is 1.22 bits per heavy atom. The summed E-state index contributed by atoms with van der Waals surface area (Å²) in [7, 11) is 0. The number of nitrogens with zero attached hydrogens (tertiary/aromatic N) is 2. The van der Waals surface area contributed by atoms with E-state index >= 15 is 0 Å². The zero-order valence-corrected chi connectivity index (χ0v) is 12.7. The van der Waals surface area contributed by atoms with Gasteiger partial charge in [0.2, 0.25) is 0 Å². The molecule has 23 heavy (non-hydrogen) atoms. The average molecular weight is 310 g/mol. The number of hydrogen-bond acceptors (Lipinski definition) is 3. The van der Waals surface area contributed by atoms with Gasteiger partial charge in [-0.2, -0.15) is 0 Å². The highest BCUT2D eigenvalue weighted by molar-refractivity contribution is 5.92. The van der Waals surface area contributed by atoms with E-state index in [1.54, 1.807) is 12.1 Å². The Bertz CT molecular complexity index is 771. The molecule has 2 aromatic rings. The monoisotopic (exact) mass is 310 g/mol. The first kappa shape index (κ1) is 15.0. The molecule has 0 aromatic heterocycles. The summed E-state index contributed by atoms with van der Waals surface area (Å²) in [5.74, 6) is 0.300. The van der Waals surface area contributed by atoms with Gasteiger partial charge in [-0.3, -0.25) is 10.1 Å². The zero-order valence-electron chi connectivity index (χ0n) is 12.7. The highest BCUT2D eigenvalue weighted by atomic mass is 16.6. The summed E-state index contributed by atoms with van der Waals surface area (Å²) in [5, 5.41) is 13.8. The van der Waals surface area contributed by atoms with E-state index in [1.165, 1.54) is 29.7 Å². The van der Waals surface area contributed by atoms with E-state index in [0.29, 0.717) is 12.5 Å². The number of hydrogen-bond donors (Lipinski definition) is 2. The number of nitrogens with two attached hydrogens (primary N) is 1. The molecule has 0 saturated carbocycles. The maximum Gasteiger partial charge on any atom is 0.269 e. The molecule has 118 valence electrons. The molecular formula is C17H18N4O2. The largest absolute Gasteiger partial charge is 0.370 e. The van der Waals surface area contributed by atoms with Crippen LogP contribution in [0.25, 0.3) is 0 Å². The minimum absolute atomic E-state index is 0.0582. The Hall–Kier alpha value is -2.89. The van der Waals surface area contributed by atoms with Crippen LogP contribution in [0.2, 0.25) is 0 Å². The Kier molecular flexibility index (Phi) is 4.23. The summed E-state index contributed by atoms with van der Waals surface area (Å²) in [6.45, 7) is 0.297. The normalized spacial score (nSPS) is 13.7. The molecule has 3 N–H and O–H groups in total. The lowest BCUT2D eigenvalue weighted by molar-refractivity contribution is -0.384. The summed E-state index contributed by atoms with van der Waals surface area (Å²) in [5.41, 5.74) is 10.4. The van der Waals surface area contributed by atoms with Crippen LogP contribution in [0.3, 0.4) is 0 Å². The Labute approximate surface area is 134 Å². The van der Waals surface area contributed by atoms with Crippen LogP contribution in [0, 0.1) is 10.1 Å². The van der Waals surface area contributed by atoms with Crippen LogP contribution in [-0.4, -0.2) is 10.9 Å². The molecule has 0 amide bonds. The van der Waals surface area contributed by atoms with Gasteiger partial charge in [-0.15, -0.1) is 0 Å². The van der Waals surface area contributed by atoms with Crippen molar-refractivity contribution in [3.05, 3.63) is 69.3 Å². The summed E-state index contributed by atoms with van der Waals surface area (Å²) < 4.78 is 0. The molecular weight excluding hydrogens is 292 g/mol. The van der Waals surface area contributed by atoms with Gasteiger partial charge in [0.1, 0.15) is 0 Å². The number of guanidine groups is 1. The van der Waals surface area contributed by atoms with Crippen molar-refractivity contribution in [2.75, 3.05) is 5.32 Å². The fraction of sp³-hybridized carbons (Fsp3) is 0.235. The lowest BCUT2D eigenvalue weighted by Crippen LogP contribution is -2.22. The maximum atomic E-state index is 10.8. The average Bonchev–Trinajstić information content (AvgIpc) is 3.01. The van der Waals surface area contributed by atoms with Crippen LogP contribution in [0.5, 0.6) is 0 Å². The quantitative estimate of drug-likeness (QED) is 0.393. The van der Waals surface area contributed by atoms with Crippen LogP contribution in [-0.2, 0) is 19.4 Å². The number of non-ortho nitro benzene ring substituents is 1. The van der Waals surface area contributed by atoms with Gasteiger partial charge >= 0.3 is 0 Å². The smallest absolute Gasteiger partial charge is 0.269 e. The number of aliphatic imine (C=N–C) groups is 1. The van der Waals surface area contributed by atoms with Crippen molar-refractivity contribution >= 4 is 17.3 Å². The number of benzene rings is 2. The Morgan fingerprint density at radius 2 is 2.04 bits per heavy atom. The molecule has 3 rings (SSSR count). The third-order valence-electron chi connectivity index (χ3n) is 3.92. The fourth-order valence-electron chi connectivity index (χ4n) is 2.78. The topological polar surface area (TPSA) is 93.5 Å². The second kappa shape index (κ2) is 6.48. The van der Waals surface area contributed by atoms with Gasteiger partial charge in [-0.05, 0) is 48.1 Å². The number of nitro groups is 1. The molecule has 0 fully saturated rings. The summed E-state index contributed by atoms with van der Waals surface area (Å²) >= 11 is 0. The van der Waals surface area contributed by atoms with E-state index in [4.69, 9.17) is 5.73 Å². The summed E-state index contributed by atoms with van der Waals surface area (Å²) in [6.07, 6.45) is 3.46. The first-order valence-electron chi connectivity index (χ1n) is 7.54. The molecule has 0 heterocycles. The van der Waals surface area contributed by atoms with E-state index < -0.39 is 4.92 Å². The Morgan fingerprint density at radius 3 is 2.87 bits per heavy atom. The van der Waals surface area contributed by atoms with Crippen molar-refractivity contribution in [3.8, 4) is 0 Å². The molecule has 0 saturated heterocycles. The molecule has 2 aromatic carbocycles. The van der Waals surface area contributed by atoms with Crippen molar-refractivity contribution in [2.45, 2.75) is 25.8 Å². The van der Waals surface area contributed by atoms with Crippen LogP contribution in [0.15, 0.2) is 47.5 Å². The van der Waals surface area contributed by atoms with Gasteiger partial charge in [0.15, 0.2) is 5.96 Å². The minimum Gasteiger partial charge on any atom is -0.370 e. The fourth-order valence-corrected chi connectivity index (χ4v) is 2.78. The van der Waals surface area contributed by atoms with Crippen LogP contribution >= 0.6 is 0 Å². The summed E-state index contributed by atoms with van der Waals surface area (Å²) in [4.78, 5) is 14.6. The van der Waals surface area contributed by atoms with Crippen molar-refractivity contribution < 1.29 is 4.92 Å². The van der Waals surface area contributed by atoms with E-state index in [-0.39, 0.29) is 5.69 Å². The van der Waals surface area contributed by atoms with Gasteiger partial charge in [0.25, 0.3) is 5.69 Å². The number of aryl methyl sites for hydroxylation is 2. The second-order valence-electron chi connectivity index (χ2n) is 5.59. The third-order valence-corrected chi connectivity index (χ3v) is 3.92. The maximum absolute atomic E-state index is 10.8. The summed E-state index contributed by atoms with van der Waals surface area (Å²) in [6, 6.07) is 12.6. The van der Waals surface area contributed by atoms with E-state index in [1.807, 2.05) is 6.07 Å². The molecule has 0 radical (unpaired) electrons. The van der Waals surface area contributed by atoms with Gasteiger partial charge in [-0.25, -0.2) is 4.99 Å². The number of nitrogens with one attached hydrogen (secondary N) is 1. The lowest BCUT2D eigenvalue weighted by Gasteiger charge is -2.08. The second-order valence-corrected chi connectivity index (χ2v) is 5.59. The third kappa shape index (κ3) is 3.66. The molecule has 0 aliphatic heterocycles. The molecule has 1 aliphatic carbocycles. The van der Waals surface area contributed by atoms with E-state index in [0.717, 1.165) is 24.1 Å². The van der Waals surface area contributed by atoms with Crippen molar-refractivity contribution in [1.29, 1.82) is 0 Å². The number of fused-ring (bicyclic) bond motifs is 1. The first-order chi connectivity index (χ1) is 11.1. The zero-order chi connectivity index (χ0) is 16.2. The molecule has 0 atom stereocenters. The standard InChI is InChI=1S/C17H18N4O2/c18-17(19-11-12-3-1-6-16(9-12)21(22)23)20-15-8-7-13-4-2-5-14(13)10-15/h1,3,6-10H,2,4-5,11H2,(H3,18,19,20). The highest BCUT2D eigenvalue weighted by Crippen LogP contribution is 2.24. The van der Waals surface area contributed by atoms with Gasteiger partial charge in [0.05, 0.1) is 11.5 Å². The molecule has 0 spiro atoms. The minimum atomic E-state index is -0.417. The van der Waals surface area contributed by atoms with Crippen LogP contribution < -0.4 is 11.1 Å². The number of rotatable bonds is 4. The lowest BCUT2D eigenvalue weighted by atomic mass is 10.1. The molecule has 0 bridgehead atoms. The predicted octanol–water partition coefficient (Wildman–Crippen LogP) is 3.01. The highest BCUT2D eigenvalue weighted by Gasteiger charge is 2.11. The van der Waals surface area contributed by atoms with Gasteiger partial charge in [-0.1, -0.05) is 18.2 Å². The van der Waals surface area contributed by atoms with Crippen LogP contribution in [0.1, 0.15) is 23.1 Å². The SMILES string of the molecule is NC(=NCc1cccc([N+](=O)[O-])c1)Nc1ccc2c(c1)CCC2. The Balaban J connectivity index is 1.66. The number of anilines is 1. The molecule has 0 unspecified atom stereocenters. The number of nitro benzene ring substituents is 1. The molecule has 1 aliphatic rings.